The van der Waals surface area contributed by atoms with Crippen LogP contribution in [0.1, 0.15) is 21.1 Å². The zero-order valence-electron chi connectivity index (χ0n) is 12.5. The fourth-order valence-electron chi connectivity index (χ4n) is 1.98. The van der Waals surface area contributed by atoms with Gasteiger partial charge in [0, 0.05) is 11.8 Å². The molecule has 3 rings (SSSR count). The number of aryl methyl sites for hydroxylation is 1. The van der Waals surface area contributed by atoms with Crippen LogP contribution >= 0.6 is 11.3 Å². The molecule has 0 bridgehead atoms. The SMILES string of the molecule is COc1cccc(C(=O)OCc2nn3c(=O)cc(C)nc3s2)c1. The number of benzene rings is 1. The summed E-state index contributed by atoms with van der Waals surface area (Å²) in [6, 6.07) is 8.08. The standard InChI is InChI=1S/C15H13N3O4S/c1-9-6-13(19)18-15(16-9)23-12(17-18)8-22-14(20)10-4-3-5-11(7-10)21-2/h3-7H,8H2,1-2H3. The number of aromatic nitrogens is 3. The maximum absolute atomic E-state index is 12.0. The van der Waals surface area contributed by atoms with Gasteiger partial charge in [-0.25, -0.2) is 9.78 Å². The third kappa shape index (κ3) is 3.21. The van der Waals surface area contributed by atoms with Gasteiger partial charge in [-0.1, -0.05) is 17.4 Å². The lowest BCUT2D eigenvalue weighted by Crippen LogP contribution is -2.14. The maximum atomic E-state index is 12.0. The Morgan fingerprint density at radius 2 is 2.17 bits per heavy atom. The van der Waals surface area contributed by atoms with Crippen LogP contribution in [0.2, 0.25) is 0 Å². The molecule has 1 aromatic carbocycles. The molecule has 3 aromatic rings. The summed E-state index contributed by atoms with van der Waals surface area (Å²) >= 11 is 1.21. The van der Waals surface area contributed by atoms with Crippen molar-refractivity contribution >= 4 is 22.3 Å². The molecule has 2 aromatic heterocycles. The first-order chi connectivity index (χ1) is 11.1. The van der Waals surface area contributed by atoms with Crippen molar-refractivity contribution in [3.8, 4) is 5.75 Å². The summed E-state index contributed by atoms with van der Waals surface area (Å²) in [5.74, 6) is 0.0882. The number of fused-ring (bicyclic) bond motifs is 1. The Bertz CT molecular complexity index is 932. The van der Waals surface area contributed by atoms with E-state index in [9.17, 15) is 9.59 Å². The zero-order chi connectivity index (χ0) is 16.4. The summed E-state index contributed by atoms with van der Waals surface area (Å²) < 4.78 is 11.5. The summed E-state index contributed by atoms with van der Waals surface area (Å²) in [5, 5.41) is 4.61. The van der Waals surface area contributed by atoms with Crippen LogP contribution in [0, 0.1) is 6.92 Å². The van der Waals surface area contributed by atoms with E-state index < -0.39 is 5.97 Å². The maximum Gasteiger partial charge on any atom is 0.338 e. The van der Waals surface area contributed by atoms with Crippen LogP contribution in [0.25, 0.3) is 4.96 Å². The van der Waals surface area contributed by atoms with Crippen molar-refractivity contribution in [2.24, 2.45) is 0 Å². The zero-order valence-corrected chi connectivity index (χ0v) is 13.3. The average Bonchev–Trinajstić information content (AvgIpc) is 2.96. The van der Waals surface area contributed by atoms with E-state index >= 15 is 0 Å². The van der Waals surface area contributed by atoms with E-state index in [2.05, 4.69) is 10.1 Å². The molecule has 0 atom stereocenters. The molecule has 0 aliphatic rings. The van der Waals surface area contributed by atoms with Crippen molar-refractivity contribution in [3.05, 3.63) is 57.0 Å². The Morgan fingerprint density at radius 1 is 1.35 bits per heavy atom. The first kappa shape index (κ1) is 15.2. The van der Waals surface area contributed by atoms with Crippen molar-refractivity contribution < 1.29 is 14.3 Å². The van der Waals surface area contributed by atoms with Crippen molar-refractivity contribution in [2.45, 2.75) is 13.5 Å². The number of rotatable bonds is 4. The second-order valence-electron chi connectivity index (χ2n) is 4.73. The van der Waals surface area contributed by atoms with Crippen molar-refractivity contribution in [3.63, 3.8) is 0 Å². The van der Waals surface area contributed by atoms with Gasteiger partial charge in [-0.15, -0.1) is 0 Å². The molecule has 7 nitrogen and oxygen atoms in total. The lowest BCUT2D eigenvalue weighted by molar-refractivity contribution is 0.0471. The Morgan fingerprint density at radius 3 is 2.96 bits per heavy atom. The van der Waals surface area contributed by atoms with Gasteiger partial charge in [-0.2, -0.15) is 9.61 Å². The Balaban J connectivity index is 1.76. The van der Waals surface area contributed by atoms with Crippen LogP contribution in [-0.2, 0) is 11.3 Å². The molecule has 23 heavy (non-hydrogen) atoms. The van der Waals surface area contributed by atoms with E-state index in [0.29, 0.717) is 27.0 Å². The van der Waals surface area contributed by atoms with Crippen LogP contribution < -0.4 is 10.3 Å². The van der Waals surface area contributed by atoms with Gasteiger partial charge in [0.15, 0.2) is 5.01 Å². The minimum absolute atomic E-state index is 0.0252. The van der Waals surface area contributed by atoms with E-state index in [0.717, 1.165) is 0 Å². The number of carbonyl (C=O) groups is 1. The normalized spacial score (nSPS) is 10.7. The molecule has 0 fully saturated rings. The topological polar surface area (TPSA) is 82.8 Å². The molecule has 0 unspecified atom stereocenters. The highest BCUT2D eigenvalue weighted by molar-refractivity contribution is 7.16. The van der Waals surface area contributed by atoms with E-state index in [1.54, 1.807) is 31.2 Å². The molecular weight excluding hydrogens is 318 g/mol. The second-order valence-corrected chi connectivity index (χ2v) is 5.77. The highest BCUT2D eigenvalue weighted by Gasteiger charge is 2.12. The van der Waals surface area contributed by atoms with E-state index in [4.69, 9.17) is 9.47 Å². The monoisotopic (exact) mass is 331 g/mol. The van der Waals surface area contributed by atoms with Crippen molar-refractivity contribution in [1.29, 1.82) is 0 Å². The van der Waals surface area contributed by atoms with E-state index in [-0.39, 0.29) is 12.2 Å². The molecule has 0 aliphatic heterocycles. The fraction of sp³-hybridized carbons (Fsp3) is 0.200. The summed E-state index contributed by atoms with van der Waals surface area (Å²) in [7, 11) is 1.53. The fourth-order valence-corrected chi connectivity index (χ4v) is 2.84. The first-order valence-corrected chi connectivity index (χ1v) is 7.56. The Labute approximate surface area is 135 Å². The Kier molecular flexibility index (Phi) is 4.07. The van der Waals surface area contributed by atoms with Gasteiger partial charge in [0.1, 0.15) is 12.4 Å². The van der Waals surface area contributed by atoms with Gasteiger partial charge < -0.3 is 9.47 Å². The third-order valence-electron chi connectivity index (χ3n) is 3.05. The molecule has 2 heterocycles. The molecule has 8 heteroatoms. The molecule has 0 saturated heterocycles. The minimum atomic E-state index is -0.486. The van der Waals surface area contributed by atoms with Gasteiger partial charge in [-0.05, 0) is 25.1 Å². The smallest absolute Gasteiger partial charge is 0.338 e. The second kappa shape index (κ2) is 6.17. The molecule has 0 saturated carbocycles. The van der Waals surface area contributed by atoms with E-state index in [1.807, 2.05) is 0 Å². The molecule has 0 radical (unpaired) electrons. The molecule has 0 spiro atoms. The van der Waals surface area contributed by atoms with Gasteiger partial charge in [0.25, 0.3) is 5.56 Å². The number of ether oxygens (including phenoxy) is 2. The highest BCUT2D eigenvalue weighted by Crippen LogP contribution is 2.16. The molecule has 0 amide bonds. The number of hydrogen-bond donors (Lipinski definition) is 0. The number of esters is 1. The third-order valence-corrected chi connectivity index (χ3v) is 3.93. The molecule has 0 aliphatic carbocycles. The van der Waals surface area contributed by atoms with Crippen LogP contribution in [-0.4, -0.2) is 27.7 Å². The molecule has 0 N–H and O–H groups in total. The van der Waals surface area contributed by atoms with Gasteiger partial charge in [0.05, 0.1) is 12.7 Å². The van der Waals surface area contributed by atoms with Gasteiger partial charge >= 0.3 is 5.97 Å². The molecule has 118 valence electrons. The van der Waals surface area contributed by atoms with Crippen molar-refractivity contribution in [1.82, 2.24) is 14.6 Å². The van der Waals surface area contributed by atoms with Gasteiger partial charge in [0.2, 0.25) is 4.96 Å². The van der Waals surface area contributed by atoms with E-state index in [1.165, 1.54) is 29.0 Å². The number of methoxy groups -OCH3 is 1. The lowest BCUT2D eigenvalue weighted by atomic mass is 10.2. The van der Waals surface area contributed by atoms with Crippen LogP contribution in [0.15, 0.2) is 35.1 Å². The highest BCUT2D eigenvalue weighted by atomic mass is 32.1. The first-order valence-electron chi connectivity index (χ1n) is 6.74. The van der Waals surface area contributed by atoms with Crippen LogP contribution in [0.3, 0.4) is 0 Å². The molecular formula is C15H13N3O4S. The van der Waals surface area contributed by atoms with Crippen LogP contribution in [0.4, 0.5) is 0 Å². The minimum Gasteiger partial charge on any atom is -0.497 e. The summed E-state index contributed by atoms with van der Waals surface area (Å²) in [6.45, 7) is 1.71. The number of hydrogen-bond acceptors (Lipinski definition) is 7. The summed E-state index contributed by atoms with van der Waals surface area (Å²) in [4.78, 5) is 28.5. The predicted molar refractivity (Wildman–Crippen MR) is 84.0 cm³/mol. The lowest BCUT2D eigenvalue weighted by Gasteiger charge is -2.04. The van der Waals surface area contributed by atoms with Gasteiger partial charge in [-0.3, -0.25) is 4.79 Å². The average molecular weight is 331 g/mol. The van der Waals surface area contributed by atoms with Crippen molar-refractivity contribution in [2.75, 3.05) is 7.11 Å². The predicted octanol–water partition coefficient (Wildman–Crippen LogP) is 1.83. The largest absolute Gasteiger partial charge is 0.497 e. The number of carbonyl (C=O) groups excluding carboxylic acids is 1. The number of nitrogens with zero attached hydrogens (tertiary/aromatic N) is 3. The summed E-state index contributed by atoms with van der Waals surface area (Å²) in [6.07, 6.45) is 0. The summed E-state index contributed by atoms with van der Waals surface area (Å²) in [5.41, 5.74) is 0.754. The quantitative estimate of drug-likeness (QED) is 0.678. The Hall–Kier alpha value is -2.74. The van der Waals surface area contributed by atoms with Crippen LogP contribution in [0.5, 0.6) is 5.75 Å².